The second-order valence-corrected chi connectivity index (χ2v) is 6.76. The number of H-pyrrole nitrogens is 1. The number of carbonyl (C=O) groups excluding carboxylic acids is 2. The Balaban J connectivity index is 1.76. The standard InChI is InChI=1S/C20H24N2O5/c1-11-17(20(24)25-5)12(2)21-18(11)19(23)13(3)22(4)9-14-6-7-15-16(8-14)27-10-26-15/h6-8,13,21H,9-10H2,1-5H3/t13-/m0/s1. The molecule has 0 fully saturated rings. The van der Waals surface area contributed by atoms with Crippen LogP contribution in [0.3, 0.4) is 0 Å². The predicted octanol–water partition coefficient (Wildman–Crippen LogP) is 2.85. The average Bonchev–Trinajstić information content (AvgIpc) is 3.23. The van der Waals surface area contributed by atoms with Crippen LogP contribution in [-0.2, 0) is 11.3 Å². The highest BCUT2D eigenvalue weighted by molar-refractivity contribution is 6.03. The van der Waals surface area contributed by atoms with E-state index in [1.165, 1.54) is 7.11 Å². The number of carbonyl (C=O) groups is 2. The summed E-state index contributed by atoms with van der Waals surface area (Å²) < 4.78 is 15.5. The zero-order chi connectivity index (χ0) is 19.7. The van der Waals surface area contributed by atoms with Gasteiger partial charge in [-0.25, -0.2) is 4.79 Å². The fourth-order valence-corrected chi connectivity index (χ4v) is 3.28. The van der Waals surface area contributed by atoms with Crippen LogP contribution in [0, 0.1) is 13.8 Å². The smallest absolute Gasteiger partial charge is 0.339 e. The molecule has 27 heavy (non-hydrogen) atoms. The monoisotopic (exact) mass is 372 g/mol. The third-order valence-electron chi connectivity index (χ3n) is 4.98. The number of ether oxygens (including phenoxy) is 3. The maximum Gasteiger partial charge on any atom is 0.339 e. The lowest BCUT2D eigenvalue weighted by Crippen LogP contribution is -2.36. The van der Waals surface area contributed by atoms with Gasteiger partial charge in [-0.15, -0.1) is 0 Å². The van der Waals surface area contributed by atoms with Gasteiger partial charge >= 0.3 is 5.97 Å². The Morgan fingerprint density at radius 3 is 2.67 bits per heavy atom. The van der Waals surface area contributed by atoms with Crippen molar-refractivity contribution in [2.75, 3.05) is 21.0 Å². The van der Waals surface area contributed by atoms with Gasteiger partial charge in [-0.1, -0.05) is 6.07 Å². The number of esters is 1. The number of ketones is 1. The first kappa shape index (κ1) is 19.0. The number of nitrogens with one attached hydrogen (secondary N) is 1. The topological polar surface area (TPSA) is 80.9 Å². The minimum atomic E-state index is -0.443. The second kappa shape index (κ2) is 7.44. The normalized spacial score (nSPS) is 13.7. The molecule has 7 nitrogen and oxygen atoms in total. The van der Waals surface area contributed by atoms with Gasteiger partial charge in [0, 0.05) is 12.2 Å². The van der Waals surface area contributed by atoms with Crippen LogP contribution in [0.25, 0.3) is 0 Å². The van der Waals surface area contributed by atoms with E-state index in [1.807, 2.05) is 37.1 Å². The van der Waals surface area contributed by atoms with Crippen molar-refractivity contribution >= 4 is 11.8 Å². The molecule has 2 heterocycles. The molecule has 2 aromatic rings. The molecule has 1 aliphatic heterocycles. The van der Waals surface area contributed by atoms with E-state index in [4.69, 9.17) is 14.2 Å². The first-order valence-corrected chi connectivity index (χ1v) is 8.74. The fraction of sp³-hybridized carbons (Fsp3) is 0.400. The summed E-state index contributed by atoms with van der Waals surface area (Å²) in [6, 6.07) is 5.38. The molecule has 1 atom stereocenters. The van der Waals surface area contributed by atoms with Crippen molar-refractivity contribution in [3.63, 3.8) is 0 Å². The molecule has 7 heteroatoms. The van der Waals surface area contributed by atoms with E-state index in [2.05, 4.69) is 4.98 Å². The molecule has 144 valence electrons. The second-order valence-electron chi connectivity index (χ2n) is 6.76. The van der Waals surface area contributed by atoms with Gasteiger partial charge in [0.15, 0.2) is 17.3 Å². The van der Waals surface area contributed by atoms with Crippen LogP contribution < -0.4 is 9.47 Å². The molecule has 3 rings (SSSR count). The molecule has 0 amide bonds. The van der Waals surface area contributed by atoms with Crippen molar-refractivity contribution in [3.05, 3.63) is 46.3 Å². The van der Waals surface area contributed by atoms with E-state index in [-0.39, 0.29) is 18.6 Å². The summed E-state index contributed by atoms with van der Waals surface area (Å²) in [4.78, 5) is 29.9. The van der Waals surface area contributed by atoms with Crippen molar-refractivity contribution in [2.24, 2.45) is 0 Å². The van der Waals surface area contributed by atoms with E-state index in [0.29, 0.717) is 29.1 Å². The summed E-state index contributed by atoms with van der Waals surface area (Å²) in [5.41, 5.74) is 3.14. The molecular formula is C20H24N2O5. The van der Waals surface area contributed by atoms with Gasteiger partial charge in [-0.3, -0.25) is 9.69 Å². The molecule has 0 saturated heterocycles. The van der Waals surface area contributed by atoms with E-state index in [0.717, 1.165) is 17.1 Å². The molecule has 1 aliphatic rings. The van der Waals surface area contributed by atoms with Gasteiger partial charge in [-0.05, 0) is 51.1 Å². The number of rotatable bonds is 6. The molecule has 0 saturated carbocycles. The molecule has 1 N–H and O–H groups in total. The first-order chi connectivity index (χ1) is 12.8. The summed E-state index contributed by atoms with van der Waals surface area (Å²) >= 11 is 0. The number of fused-ring (bicyclic) bond motifs is 1. The van der Waals surface area contributed by atoms with Gasteiger partial charge in [-0.2, -0.15) is 0 Å². The third-order valence-corrected chi connectivity index (χ3v) is 4.98. The van der Waals surface area contributed by atoms with E-state index < -0.39 is 5.97 Å². The summed E-state index contributed by atoms with van der Waals surface area (Å²) in [5, 5.41) is 0. The highest BCUT2D eigenvalue weighted by Gasteiger charge is 2.27. The first-order valence-electron chi connectivity index (χ1n) is 8.74. The zero-order valence-corrected chi connectivity index (χ0v) is 16.2. The molecule has 1 aromatic heterocycles. The van der Waals surface area contributed by atoms with E-state index in [9.17, 15) is 9.59 Å². The highest BCUT2D eigenvalue weighted by Crippen LogP contribution is 2.33. The number of nitrogens with zero attached hydrogens (tertiary/aromatic N) is 1. The maximum atomic E-state index is 13.0. The number of aryl methyl sites for hydroxylation is 1. The molecule has 0 aliphatic carbocycles. The number of aromatic nitrogens is 1. The van der Waals surface area contributed by atoms with Crippen LogP contribution in [0.2, 0.25) is 0 Å². The largest absolute Gasteiger partial charge is 0.465 e. The molecule has 0 bridgehead atoms. The van der Waals surface area contributed by atoms with E-state index in [1.54, 1.807) is 13.8 Å². The van der Waals surface area contributed by atoms with Crippen molar-refractivity contribution in [1.82, 2.24) is 9.88 Å². The van der Waals surface area contributed by atoms with Gasteiger partial charge in [0.1, 0.15) is 0 Å². The molecule has 0 unspecified atom stereocenters. The quantitative estimate of drug-likeness (QED) is 0.620. The van der Waals surface area contributed by atoms with Crippen LogP contribution >= 0.6 is 0 Å². The van der Waals surface area contributed by atoms with Crippen LogP contribution in [0.5, 0.6) is 11.5 Å². The van der Waals surface area contributed by atoms with Gasteiger partial charge in [0.05, 0.1) is 24.4 Å². The number of methoxy groups -OCH3 is 1. The third kappa shape index (κ3) is 3.55. The van der Waals surface area contributed by atoms with Crippen molar-refractivity contribution in [1.29, 1.82) is 0 Å². The number of likely N-dealkylation sites (N-methyl/N-ethyl adjacent to an activating group) is 1. The lowest BCUT2D eigenvalue weighted by atomic mass is 10.0. The van der Waals surface area contributed by atoms with Crippen molar-refractivity contribution in [2.45, 2.75) is 33.4 Å². The number of hydrogen-bond acceptors (Lipinski definition) is 6. The maximum absolute atomic E-state index is 13.0. The van der Waals surface area contributed by atoms with Crippen molar-refractivity contribution < 1.29 is 23.8 Å². The Morgan fingerprint density at radius 2 is 1.96 bits per heavy atom. The number of hydrogen-bond donors (Lipinski definition) is 1. The Hall–Kier alpha value is -2.80. The van der Waals surface area contributed by atoms with Crippen LogP contribution in [0.1, 0.15) is 44.6 Å². The summed E-state index contributed by atoms with van der Waals surface area (Å²) in [6.07, 6.45) is 0. The summed E-state index contributed by atoms with van der Waals surface area (Å²) in [7, 11) is 3.22. The van der Waals surface area contributed by atoms with Crippen molar-refractivity contribution in [3.8, 4) is 11.5 Å². The van der Waals surface area contributed by atoms with Gasteiger partial charge in [0.25, 0.3) is 0 Å². The Bertz CT molecular complexity index is 887. The lowest BCUT2D eigenvalue weighted by Gasteiger charge is -2.23. The lowest BCUT2D eigenvalue weighted by molar-refractivity contribution is 0.0599. The summed E-state index contributed by atoms with van der Waals surface area (Å²) in [5.74, 6) is 0.937. The SMILES string of the molecule is COC(=O)c1c(C)[nH]c(C(=O)[C@H](C)N(C)Cc2ccc3c(c2)OCO3)c1C. The summed E-state index contributed by atoms with van der Waals surface area (Å²) in [6.45, 7) is 6.18. The number of Topliss-reactive ketones (excluding diaryl/α,β-unsaturated/α-hetero) is 1. The average molecular weight is 372 g/mol. The van der Waals surface area contributed by atoms with E-state index >= 15 is 0 Å². The number of benzene rings is 1. The Kier molecular flexibility index (Phi) is 5.23. The van der Waals surface area contributed by atoms with Crippen LogP contribution in [0.4, 0.5) is 0 Å². The van der Waals surface area contributed by atoms with Gasteiger partial charge < -0.3 is 19.2 Å². The number of aromatic amines is 1. The minimum Gasteiger partial charge on any atom is -0.465 e. The highest BCUT2D eigenvalue weighted by atomic mass is 16.7. The Morgan fingerprint density at radius 1 is 1.26 bits per heavy atom. The van der Waals surface area contributed by atoms with Crippen LogP contribution in [0.15, 0.2) is 18.2 Å². The molecular weight excluding hydrogens is 348 g/mol. The Labute approximate surface area is 158 Å². The molecule has 1 aromatic carbocycles. The fourth-order valence-electron chi connectivity index (χ4n) is 3.28. The zero-order valence-electron chi connectivity index (χ0n) is 16.2. The minimum absolute atomic E-state index is 0.0750. The van der Waals surface area contributed by atoms with Crippen LogP contribution in [-0.4, -0.2) is 48.6 Å². The molecule has 0 radical (unpaired) electrons. The predicted molar refractivity (Wildman–Crippen MR) is 99.4 cm³/mol. The van der Waals surface area contributed by atoms with Gasteiger partial charge in [0.2, 0.25) is 6.79 Å². The molecule has 0 spiro atoms.